The molecule has 29 heavy (non-hydrogen) atoms. The lowest BCUT2D eigenvalue weighted by Crippen LogP contribution is -2.21. The molecule has 0 amide bonds. The first-order chi connectivity index (χ1) is 14.2. The van der Waals surface area contributed by atoms with Crippen LogP contribution in [-0.4, -0.2) is 28.5 Å². The van der Waals surface area contributed by atoms with Gasteiger partial charge in [0.25, 0.3) is 0 Å². The lowest BCUT2D eigenvalue weighted by Gasteiger charge is -2.15. The molecule has 0 fully saturated rings. The van der Waals surface area contributed by atoms with Gasteiger partial charge in [-0.3, -0.25) is 4.99 Å². The Hall–Kier alpha value is -3.40. The number of aromatic nitrogens is 2. The molecule has 4 aromatic rings. The maximum atomic E-state index is 4.67. The first-order valence-electron chi connectivity index (χ1n) is 10.1. The summed E-state index contributed by atoms with van der Waals surface area (Å²) in [5.74, 6) is 0. The molecule has 1 aliphatic heterocycles. The van der Waals surface area contributed by atoms with Gasteiger partial charge < -0.3 is 9.47 Å². The van der Waals surface area contributed by atoms with Crippen LogP contribution in [0.3, 0.4) is 0 Å². The van der Waals surface area contributed by atoms with Crippen LogP contribution < -0.4 is 4.90 Å². The zero-order valence-corrected chi connectivity index (χ0v) is 16.8. The van der Waals surface area contributed by atoms with Crippen molar-refractivity contribution in [2.45, 2.75) is 26.4 Å². The van der Waals surface area contributed by atoms with Crippen molar-refractivity contribution in [3.8, 4) is 11.1 Å². The van der Waals surface area contributed by atoms with Gasteiger partial charge in [-0.15, -0.1) is 0 Å². The third-order valence-corrected chi connectivity index (χ3v) is 5.57. The molecule has 0 bridgehead atoms. The number of aryl methyl sites for hydroxylation is 1. The summed E-state index contributed by atoms with van der Waals surface area (Å²) in [6.07, 6.45) is 5.99. The molecule has 5 rings (SSSR count). The monoisotopic (exact) mass is 380 g/mol. The summed E-state index contributed by atoms with van der Waals surface area (Å²) < 4.78 is 2.22. The van der Waals surface area contributed by atoms with Crippen LogP contribution in [0.2, 0.25) is 0 Å². The van der Waals surface area contributed by atoms with Crippen LogP contribution in [-0.2, 0) is 6.54 Å². The van der Waals surface area contributed by atoms with Gasteiger partial charge >= 0.3 is 0 Å². The Morgan fingerprint density at radius 1 is 0.966 bits per heavy atom. The van der Waals surface area contributed by atoms with Crippen LogP contribution in [0.15, 0.2) is 78.0 Å². The first-order valence-corrected chi connectivity index (χ1v) is 10.1. The summed E-state index contributed by atoms with van der Waals surface area (Å²) in [6, 6.07) is 22.1. The highest BCUT2D eigenvalue weighted by atomic mass is 15.2. The second kappa shape index (κ2) is 7.21. The third-order valence-electron chi connectivity index (χ3n) is 5.57. The summed E-state index contributed by atoms with van der Waals surface area (Å²) in [6.45, 7) is 6.03. The fraction of sp³-hybridized carbons (Fsp3) is 0.200. The molecule has 0 saturated heterocycles. The first kappa shape index (κ1) is 17.7. The minimum Gasteiger partial charge on any atom is -0.331 e. The highest BCUT2D eigenvalue weighted by Crippen LogP contribution is 2.30. The Labute approximate surface area is 171 Å². The van der Waals surface area contributed by atoms with Gasteiger partial charge in [-0.1, -0.05) is 42.0 Å². The zero-order chi connectivity index (χ0) is 19.8. The van der Waals surface area contributed by atoms with E-state index < -0.39 is 0 Å². The number of aliphatic imine (C=N–C) groups is 1. The minimum atomic E-state index is 0.364. The van der Waals surface area contributed by atoms with Gasteiger partial charge in [-0.25, -0.2) is 4.98 Å². The van der Waals surface area contributed by atoms with E-state index in [2.05, 4.69) is 100 Å². The number of hydrogen-bond donors (Lipinski definition) is 0. The molecule has 1 aliphatic rings. The fourth-order valence-corrected chi connectivity index (χ4v) is 3.94. The molecule has 0 saturated carbocycles. The van der Waals surface area contributed by atoms with Gasteiger partial charge in [0.2, 0.25) is 0 Å². The van der Waals surface area contributed by atoms with Gasteiger partial charge in [0.15, 0.2) is 0 Å². The number of hydrogen-bond acceptors (Lipinski definition) is 3. The van der Waals surface area contributed by atoms with Gasteiger partial charge in [0, 0.05) is 36.6 Å². The predicted molar refractivity (Wildman–Crippen MR) is 121 cm³/mol. The Kier molecular flexibility index (Phi) is 4.39. The maximum Gasteiger partial charge on any atom is 0.140 e. The average molecular weight is 380 g/mol. The van der Waals surface area contributed by atoms with Gasteiger partial charge in [0.1, 0.15) is 5.65 Å². The van der Waals surface area contributed by atoms with E-state index in [1.807, 2.05) is 12.5 Å². The molecular weight excluding hydrogens is 356 g/mol. The van der Waals surface area contributed by atoms with E-state index in [0.29, 0.717) is 6.04 Å². The highest BCUT2D eigenvalue weighted by Gasteiger charge is 2.15. The molecule has 0 aliphatic carbocycles. The second-order valence-corrected chi connectivity index (χ2v) is 7.84. The van der Waals surface area contributed by atoms with Crippen molar-refractivity contribution < 1.29 is 0 Å². The second-order valence-electron chi connectivity index (χ2n) is 7.84. The minimum absolute atomic E-state index is 0.364. The van der Waals surface area contributed by atoms with Crippen LogP contribution in [0.25, 0.3) is 22.2 Å². The summed E-state index contributed by atoms with van der Waals surface area (Å²) in [7, 11) is 0. The van der Waals surface area contributed by atoms with Crippen LogP contribution in [0.4, 0.5) is 5.69 Å². The number of benzene rings is 2. The predicted octanol–water partition coefficient (Wildman–Crippen LogP) is 5.30. The number of pyridine rings is 1. The molecule has 2 aromatic heterocycles. The van der Waals surface area contributed by atoms with E-state index in [-0.39, 0.29) is 0 Å². The normalized spacial score (nSPS) is 16.1. The molecule has 2 aromatic carbocycles. The maximum absolute atomic E-state index is 4.67. The average Bonchev–Trinajstić information content (AvgIpc) is 3.36. The summed E-state index contributed by atoms with van der Waals surface area (Å²) in [5, 5.41) is 1.18. The molecule has 1 unspecified atom stereocenters. The summed E-state index contributed by atoms with van der Waals surface area (Å²) in [5.41, 5.74) is 7.19. The molecule has 4 nitrogen and oxygen atoms in total. The van der Waals surface area contributed by atoms with Crippen molar-refractivity contribution in [2.75, 3.05) is 11.4 Å². The topological polar surface area (TPSA) is 33.4 Å². The van der Waals surface area contributed by atoms with E-state index in [0.717, 1.165) is 18.7 Å². The van der Waals surface area contributed by atoms with Crippen molar-refractivity contribution in [1.29, 1.82) is 0 Å². The molecule has 3 heterocycles. The lowest BCUT2D eigenvalue weighted by atomic mass is 10.0. The number of anilines is 1. The quantitative estimate of drug-likeness (QED) is 0.481. The third kappa shape index (κ3) is 3.42. The van der Waals surface area contributed by atoms with Crippen LogP contribution >= 0.6 is 0 Å². The van der Waals surface area contributed by atoms with E-state index in [1.54, 1.807) is 0 Å². The highest BCUT2D eigenvalue weighted by molar-refractivity contribution is 5.94. The molecule has 0 radical (unpaired) electrons. The summed E-state index contributed by atoms with van der Waals surface area (Å²) >= 11 is 0. The standard InChI is InChI=1S/C25H24N4/c1-18-3-5-20(6-4-18)16-28-14-12-24-23(11-13-26-25(24)28)21-7-9-22(10-8-21)29-15-19(2)27-17-29/h3-14,17,19H,15-16H2,1-2H3. The zero-order valence-electron chi connectivity index (χ0n) is 16.8. The molecule has 0 N–H and O–H groups in total. The smallest absolute Gasteiger partial charge is 0.140 e. The Balaban J connectivity index is 1.45. The van der Waals surface area contributed by atoms with E-state index in [4.69, 9.17) is 0 Å². The van der Waals surface area contributed by atoms with Crippen molar-refractivity contribution >= 4 is 23.1 Å². The van der Waals surface area contributed by atoms with Gasteiger partial charge in [-0.2, -0.15) is 0 Å². The Morgan fingerprint density at radius 3 is 2.48 bits per heavy atom. The molecule has 144 valence electrons. The lowest BCUT2D eigenvalue weighted by molar-refractivity contribution is 0.795. The van der Waals surface area contributed by atoms with Crippen molar-refractivity contribution in [3.63, 3.8) is 0 Å². The summed E-state index contributed by atoms with van der Waals surface area (Å²) in [4.78, 5) is 11.3. The van der Waals surface area contributed by atoms with E-state index >= 15 is 0 Å². The molecule has 1 atom stereocenters. The van der Waals surface area contributed by atoms with Crippen molar-refractivity contribution in [1.82, 2.24) is 9.55 Å². The fourth-order valence-electron chi connectivity index (χ4n) is 3.94. The van der Waals surface area contributed by atoms with Crippen LogP contribution in [0, 0.1) is 6.92 Å². The van der Waals surface area contributed by atoms with Crippen LogP contribution in [0.1, 0.15) is 18.1 Å². The molecule has 4 heteroatoms. The Bertz CT molecular complexity index is 1170. The van der Waals surface area contributed by atoms with Crippen molar-refractivity contribution in [2.24, 2.45) is 4.99 Å². The largest absolute Gasteiger partial charge is 0.331 e. The van der Waals surface area contributed by atoms with E-state index in [1.165, 1.54) is 33.3 Å². The molecule has 0 spiro atoms. The molecular formula is C25H24N4. The van der Waals surface area contributed by atoms with Crippen LogP contribution in [0.5, 0.6) is 0 Å². The van der Waals surface area contributed by atoms with Gasteiger partial charge in [0.05, 0.1) is 12.4 Å². The Morgan fingerprint density at radius 2 is 1.76 bits per heavy atom. The van der Waals surface area contributed by atoms with Gasteiger partial charge in [-0.05, 0) is 54.8 Å². The number of nitrogens with zero attached hydrogens (tertiary/aromatic N) is 4. The van der Waals surface area contributed by atoms with Crippen molar-refractivity contribution in [3.05, 3.63) is 84.2 Å². The number of rotatable bonds is 4. The SMILES string of the molecule is Cc1ccc(Cn2ccc3c(-c4ccc(N5C=NC(C)C5)cc4)ccnc32)cc1. The number of fused-ring (bicyclic) bond motifs is 1. The van der Waals surface area contributed by atoms with E-state index in [9.17, 15) is 0 Å².